The van der Waals surface area contributed by atoms with Crippen LogP contribution in [0.5, 0.6) is 0 Å². The van der Waals surface area contributed by atoms with E-state index in [9.17, 15) is 9.59 Å². The van der Waals surface area contributed by atoms with Crippen LogP contribution < -0.4 is 5.32 Å². The molecule has 1 aromatic carbocycles. The van der Waals surface area contributed by atoms with Crippen LogP contribution in [-0.4, -0.2) is 35.3 Å². The van der Waals surface area contributed by atoms with Gasteiger partial charge in [-0.15, -0.1) is 0 Å². The lowest BCUT2D eigenvalue weighted by Crippen LogP contribution is -2.54. The number of piperidine rings is 1. The summed E-state index contributed by atoms with van der Waals surface area (Å²) in [7, 11) is 0. The predicted molar refractivity (Wildman–Crippen MR) is 91.9 cm³/mol. The van der Waals surface area contributed by atoms with Crippen LogP contribution >= 0.6 is 0 Å². The van der Waals surface area contributed by atoms with Crippen LogP contribution in [0, 0.1) is 5.92 Å². The van der Waals surface area contributed by atoms with Crippen molar-refractivity contribution in [3.63, 3.8) is 0 Å². The summed E-state index contributed by atoms with van der Waals surface area (Å²) in [5.41, 5.74) is 0.964. The Bertz CT molecular complexity index is 527. The average Bonchev–Trinajstić information content (AvgIpc) is 2.53. The highest BCUT2D eigenvalue weighted by Crippen LogP contribution is 2.19. The van der Waals surface area contributed by atoms with E-state index in [1.54, 1.807) is 0 Å². The quantitative estimate of drug-likeness (QED) is 0.908. The Hall–Kier alpha value is -1.84. The molecule has 0 radical (unpaired) electrons. The number of hydrogen-bond donors (Lipinski definition) is 1. The molecule has 1 aliphatic heterocycles. The molecule has 1 heterocycles. The van der Waals surface area contributed by atoms with Gasteiger partial charge in [0.2, 0.25) is 11.8 Å². The third-order valence-corrected chi connectivity index (χ3v) is 4.54. The number of nitrogens with one attached hydrogen (secondary N) is 1. The largest absolute Gasteiger partial charge is 0.344 e. The molecular weight excluding hydrogens is 288 g/mol. The highest BCUT2D eigenvalue weighted by atomic mass is 16.2. The van der Waals surface area contributed by atoms with Crippen LogP contribution in [0.1, 0.15) is 45.6 Å². The van der Waals surface area contributed by atoms with Gasteiger partial charge in [0.1, 0.15) is 6.04 Å². The number of nitrogens with zero attached hydrogens (tertiary/aromatic N) is 1. The number of rotatable bonds is 5. The van der Waals surface area contributed by atoms with E-state index in [0.717, 1.165) is 24.9 Å². The van der Waals surface area contributed by atoms with Crippen LogP contribution in [0.25, 0.3) is 0 Å². The zero-order valence-corrected chi connectivity index (χ0v) is 14.4. The van der Waals surface area contributed by atoms with Crippen molar-refractivity contribution in [3.05, 3.63) is 35.9 Å². The molecule has 0 aliphatic carbocycles. The molecule has 4 heteroatoms. The SMILES string of the molecule is CC(C)C(NC(=O)Cc1ccccc1)C(=O)N1CCCCC1C. The molecule has 0 saturated carbocycles. The predicted octanol–water partition coefficient (Wildman–Crippen LogP) is 2.77. The second-order valence-electron chi connectivity index (χ2n) is 6.83. The molecule has 4 nitrogen and oxygen atoms in total. The van der Waals surface area contributed by atoms with Crippen LogP contribution in [0.15, 0.2) is 30.3 Å². The van der Waals surface area contributed by atoms with E-state index in [4.69, 9.17) is 0 Å². The summed E-state index contributed by atoms with van der Waals surface area (Å²) < 4.78 is 0. The van der Waals surface area contributed by atoms with Gasteiger partial charge >= 0.3 is 0 Å². The molecule has 2 rings (SSSR count). The highest BCUT2D eigenvalue weighted by Gasteiger charge is 2.32. The standard InChI is InChI=1S/C19H28N2O2/c1-14(2)18(19(23)21-12-8-7-9-15(21)3)20-17(22)13-16-10-5-4-6-11-16/h4-6,10-11,14-15,18H,7-9,12-13H2,1-3H3,(H,20,22). The smallest absolute Gasteiger partial charge is 0.245 e. The molecule has 1 N–H and O–H groups in total. The first kappa shape index (κ1) is 17.5. The molecule has 0 aromatic heterocycles. The van der Waals surface area contributed by atoms with Gasteiger partial charge in [-0.3, -0.25) is 9.59 Å². The summed E-state index contributed by atoms with van der Waals surface area (Å²) in [6, 6.07) is 9.46. The monoisotopic (exact) mass is 316 g/mol. The van der Waals surface area contributed by atoms with E-state index in [1.165, 1.54) is 6.42 Å². The van der Waals surface area contributed by atoms with Gasteiger partial charge in [0.25, 0.3) is 0 Å². The fraction of sp³-hybridized carbons (Fsp3) is 0.579. The van der Waals surface area contributed by atoms with Gasteiger partial charge < -0.3 is 10.2 Å². The van der Waals surface area contributed by atoms with Crippen molar-refractivity contribution in [2.45, 2.75) is 58.5 Å². The minimum atomic E-state index is -0.438. The maximum atomic E-state index is 12.8. The van der Waals surface area contributed by atoms with Crippen molar-refractivity contribution >= 4 is 11.8 Å². The topological polar surface area (TPSA) is 49.4 Å². The van der Waals surface area contributed by atoms with Crippen LogP contribution in [-0.2, 0) is 16.0 Å². The second kappa shape index (κ2) is 8.14. The van der Waals surface area contributed by atoms with Gasteiger partial charge in [-0.05, 0) is 37.7 Å². The Morgan fingerprint density at radius 1 is 1.22 bits per heavy atom. The number of likely N-dealkylation sites (tertiary alicyclic amines) is 1. The number of carbonyl (C=O) groups excluding carboxylic acids is 2. The Balaban J connectivity index is 2.00. The lowest BCUT2D eigenvalue weighted by atomic mass is 9.98. The van der Waals surface area contributed by atoms with Crippen molar-refractivity contribution in [3.8, 4) is 0 Å². The number of hydrogen-bond acceptors (Lipinski definition) is 2. The highest BCUT2D eigenvalue weighted by molar-refractivity contribution is 5.88. The summed E-state index contributed by atoms with van der Waals surface area (Å²) in [6.07, 6.45) is 3.60. The zero-order chi connectivity index (χ0) is 16.8. The molecule has 2 unspecified atom stereocenters. The van der Waals surface area contributed by atoms with Crippen LogP contribution in [0.3, 0.4) is 0 Å². The molecule has 126 valence electrons. The van der Waals surface area contributed by atoms with Gasteiger partial charge in [-0.25, -0.2) is 0 Å². The molecule has 2 amide bonds. The van der Waals surface area contributed by atoms with Gasteiger partial charge in [-0.2, -0.15) is 0 Å². The average molecular weight is 316 g/mol. The van der Waals surface area contributed by atoms with E-state index < -0.39 is 6.04 Å². The minimum Gasteiger partial charge on any atom is -0.344 e. The Labute approximate surface area is 139 Å². The molecule has 1 aliphatic rings. The number of benzene rings is 1. The minimum absolute atomic E-state index is 0.0635. The first-order chi connectivity index (χ1) is 11.0. The van der Waals surface area contributed by atoms with Crippen molar-refractivity contribution < 1.29 is 9.59 Å². The normalized spacial score (nSPS) is 19.5. The first-order valence-corrected chi connectivity index (χ1v) is 8.63. The Kier molecular flexibility index (Phi) is 6.20. The number of carbonyl (C=O) groups is 2. The Morgan fingerprint density at radius 3 is 2.52 bits per heavy atom. The van der Waals surface area contributed by atoms with Gasteiger partial charge in [0.15, 0.2) is 0 Å². The molecule has 0 spiro atoms. The lowest BCUT2D eigenvalue weighted by molar-refractivity contribution is -0.140. The molecule has 1 saturated heterocycles. The summed E-state index contributed by atoms with van der Waals surface area (Å²) in [6.45, 7) is 6.87. The van der Waals surface area contributed by atoms with Crippen LogP contribution in [0.2, 0.25) is 0 Å². The summed E-state index contributed by atoms with van der Waals surface area (Å²) in [5.74, 6) is 0.0536. The first-order valence-electron chi connectivity index (χ1n) is 8.63. The van der Waals surface area contributed by atoms with Gasteiger partial charge in [-0.1, -0.05) is 44.2 Å². The maximum Gasteiger partial charge on any atom is 0.245 e. The summed E-state index contributed by atoms with van der Waals surface area (Å²) >= 11 is 0. The fourth-order valence-electron chi connectivity index (χ4n) is 3.12. The van der Waals surface area contributed by atoms with Crippen molar-refractivity contribution in [1.29, 1.82) is 0 Å². The van der Waals surface area contributed by atoms with Crippen LogP contribution in [0.4, 0.5) is 0 Å². The van der Waals surface area contributed by atoms with Crippen molar-refractivity contribution in [2.75, 3.05) is 6.54 Å². The van der Waals surface area contributed by atoms with Crippen molar-refractivity contribution in [2.24, 2.45) is 5.92 Å². The molecule has 2 atom stereocenters. The van der Waals surface area contributed by atoms with E-state index in [-0.39, 0.29) is 23.8 Å². The number of amides is 2. The second-order valence-corrected chi connectivity index (χ2v) is 6.83. The fourth-order valence-corrected chi connectivity index (χ4v) is 3.12. The lowest BCUT2D eigenvalue weighted by Gasteiger charge is -2.37. The van der Waals surface area contributed by atoms with E-state index >= 15 is 0 Å². The third-order valence-electron chi connectivity index (χ3n) is 4.54. The zero-order valence-electron chi connectivity index (χ0n) is 14.4. The molecule has 23 heavy (non-hydrogen) atoms. The van der Waals surface area contributed by atoms with Gasteiger partial charge in [0, 0.05) is 12.6 Å². The molecule has 0 bridgehead atoms. The Morgan fingerprint density at radius 2 is 1.91 bits per heavy atom. The van der Waals surface area contributed by atoms with E-state index in [2.05, 4.69) is 12.2 Å². The van der Waals surface area contributed by atoms with Gasteiger partial charge in [0.05, 0.1) is 6.42 Å². The van der Waals surface area contributed by atoms with E-state index in [0.29, 0.717) is 6.42 Å². The molecule has 1 fully saturated rings. The molecular formula is C19H28N2O2. The maximum absolute atomic E-state index is 12.8. The van der Waals surface area contributed by atoms with E-state index in [1.807, 2.05) is 49.1 Å². The molecule has 1 aromatic rings. The van der Waals surface area contributed by atoms with Crippen molar-refractivity contribution in [1.82, 2.24) is 10.2 Å². The summed E-state index contributed by atoms with van der Waals surface area (Å²) in [5, 5.41) is 2.95. The third kappa shape index (κ3) is 4.81. The summed E-state index contributed by atoms with van der Waals surface area (Å²) in [4.78, 5) is 27.1.